The van der Waals surface area contributed by atoms with Crippen molar-refractivity contribution in [2.75, 3.05) is 19.4 Å². The summed E-state index contributed by atoms with van der Waals surface area (Å²) >= 11 is 4.88. The van der Waals surface area contributed by atoms with Crippen LogP contribution in [0.25, 0.3) is 0 Å². The van der Waals surface area contributed by atoms with Crippen molar-refractivity contribution in [3.8, 4) is 0 Å². The van der Waals surface area contributed by atoms with Crippen LogP contribution in [-0.4, -0.2) is 25.5 Å². The summed E-state index contributed by atoms with van der Waals surface area (Å²) in [6.07, 6.45) is 0.943. The van der Waals surface area contributed by atoms with Gasteiger partial charge in [-0.15, -0.1) is 18.1 Å². The highest BCUT2D eigenvalue weighted by atomic mass is 32.4. The third kappa shape index (κ3) is 4.07. The van der Waals surface area contributed by atoms with E-state index in [-0.39, 0.29) is 12.7 Å². The molecule has 2 nitrogen and oxygen atoms in total. The predicted molar refractivity (Wildman–Crippen MR) is 57.8 cm³/mol. The molecule has 1 aliphatic heterocycles. The normalized spacial score (nSPS) is 39.9. The summed E-state index contributed by atoms with van der Waals surface area (Å²) in [7, 11) is 0. The van der Waals surface area contributed by atoms with E-state index in [1.165, 1.54) is 0 Å². The van der Waals surface area contributed by atoms with E-state index in [4.69, 9.17) is 17.9 Å². The van der Waals surface area contributed by atoms with Crippen molar-refractivity contribution in [1.29, 1.82) is 0 Å². The lowest BCUT2D eigenvalue weighted by molar-refractivity contribution is -0.160. The minimum absolute atomic E-state index is 0.110. The third-order valence-corrected chi connectivity index (χ3v) is 4.16. The maximum Gasteiger partial charge on any atom is 0.0607 e. The maximum absolute atomic E-state index is 11.4. The van der Waals surface area contributed by atoms with E-state index in [0.717, 1.165) is 19.3 Å². The fourth-order valence-corrected chi connectivity index (χ4v) is 2.70. The molecule has 4 heteroatoms. The molecule has 4 atom stereocenters. The molecule has 0 bridgehead atoms. The van der Waals surface area contributed by atoms with Gasteiger partial charge >= 0.3 is 0 Å². The molecule has 0 saturated carbocycles. The van der Waals surface area contributed by atoms with Gasteiger partial charge in [-0.3, -0.25) is 0 Å². The Hall–Kier alpha value is 0.570. The summed E-state index contributed by atoms with van der Waals surface area (Å²) in [6, 6.07) is 0. The van der Waals surface area contributed by atoms with Crippen LogP contribution < -0.4 is 4.89 Å². The van der Waals surface area contributed by atoms with Gasteiger partial charge in [-0.25, -0.2) is 0 Å². The van der Waals surface area contributed by atoms with Crippen molar-refractivity contribution in [3.05, 3.63) is 0 Å². The largest absolute Gasteiger partial charge is 0.821 e. The Morgan fingerprint density at radius 2 is 2.46 bits per heavy atom. The number of ether oxygens (including phenoxy) is 1. The Labute approximate surface area is 87.2 Å². The molecule has 1 heterocycles. The average molecular weight is 223 g/mol. The van der Waals surface area contributed by atoms with Crippen LogP contribution in [0.3, 0.4) is 0 Å². The first kappa shape index (κ1) is 10.1. The van der Waals surface area contributed by atoms with E-state index < -0.39 is 6.26 Å². The zero-order valence-corrected chi connectivity index (χ0v) is 9.94. The third-order valence-electron chi connectivity index (χ3n) is 2.54. The van der Waals surface area contributed by atoms with E-state index in [0.29, 0.717) is 12.1 Å². The van der Waals surface area contributed by atoms with E-state index in [2.05, 4.69) is 6.92 Å². The summed E-state index contributed by atoms with van der Waals surface area (Å²) in [5.41, 5.74) is 0. The van der Waals surface area contributed by atoms with Crippen LogP contribution in [0, 0.1) is 5.92 Å². The number of hydrogen-bond acceptors (Lipinski definition) is 3. The van der Waals surface area contributed by atoms with Gasteiger partial charge in [-0.05, 0) is 31.6 Å². The average Bonchev–Trinajstić information content (AvgIpc) is 2.41. The highest BCUT2D eigenvalue weighted by Crippen LogP contribution is 2.35. The van der Waals surface area contributed by atoms with Crippen molar-refractivity contribution in [1.82, 2.24) is 0 Å². The summed E-state index contributed by atoms with van der Waals surface area (Å²) in [5.74, 6) is 0.457. The molecule has 0 radical (unpaired) electrons. The van der Waals surface area contributed by atoms with Crippen LogP contribution >= 0.6 is 6.26 Å². The lowest BCUT2D eigenvalue weighted by Crippen LogP contribution is -2.18. The Kier molecular flexibility index (Phi) is 3.79. The monoisotopic (exact) mass is 223 g/mol. The van der Waals surface area contributed by atoms with Gasteiger partial charge in [-0.1, -0.05) is 13.3 Å². The molecule has 1 rings (SSSR count). The first-order valence-electron chi connectivity index (χ1n) is 5.35. The van der Waals surface area contributed by atoms with Crippen molar-refractivity contribution >= 4 is 18.1 Å². The van der Waals surface area contributed by atoms with Crippen molar-refractivity contribution in [2.45, 2.75) is 32.3 Å². The molecular weight excluding hydrogens is 203 g/mol. The first-order chi connectivity index (χ1) is 6.42. The molecule has 0 aromatic carbocycles. The summed E-state index contributed by atoms with van der Waals surface area (Å²) in [4.78, 5) is 11.4. The quantitative estimate of drug-likeness (QED) is 0.678. The fraction of sp³-hybridized carbons (Fsp3) is 1.00. The van der Waals surface area contributed by atoms with Crippen molar-refractivity contribution < 1.29 is 11.0 Å². The predicted octanol–water partition coefficient (Wildman–Crippen LogP) is 1.58. The van der Waals surface area contributed by atoms with Gasteiger partial charge in [0, 0.05) is 6.58 Å². The lowest BCUT2D eigenvalue weighted by Gasteiger charge is -2.25. The van der Waals surface area contributed by atoms with Gasteiger partial charge in [0.05, 0.1) is 7.47 Å². The molecule has 0 amide bonds. The molecule has 78 valence electrons. The molecule has 1 fully saturated rings. The second kappa shape index (κ2) is 4.88. The van der Waals surface area contributed by atoms with Gasteiger partial charge < -0.3 is 9.63 Å². The van der Waals surface area contributed by atoms with Crippen LogP contribution in [0.4, 0.5) is 0 Å². The molecular formula is C9H18O2PS-. The molecule has 0 aromatic rings. The van der Waals surface area contributed by atoms with Crippen molar-refractivity contribution in [3.63, 3.8) is 0 Å². The summed E-state index contributed by atoms with van der Waals surface area (Å²) in [6.45, 7) is 3.36. The first-order valence-corrected chi connectivity index (χ1v) is 8.13. The summed E-state index contributed by atoms with van der Waals surface area (Å²) < 4.78 is 13.0. The molecule has 0 aliphatic carbocycles. The minimum atomic E-state index is -2.33. The molecule has 0 aromatic heterocycles. The van der Waals surface area contributed by atoms with Crippen LogP contribution in [0.15, 0.2) is 0 Å². The van der Waals surface area contributed by atoms with Crippen LogP contribution in [0.2, 0.25) is 0 Å². The molecule has 0 N–H and O–H groups in total. The Balaban J connectivity index is 2.40. The van der Waals surface area contributed by atoms with Gasteiger partial charge in [-0.2, -0.15) is 0 Å². The SMILES string of the molecule is [3H]C1C[C@@H](CC)[C@@H](CCP(C)([O-])=S)O1. The van der Waals surface area contributed by atoms with E-state index in [9.17, 15) is 4.89 Å². The minimum Gasteiger partial charge on any atom is -0.821 e. The topological polar surface area (TPSA) is 32.3 Å². The second-order valence-corrected chi connectivity index (χ2v) is 8.56. The van der Waals surface area contributed by atoms with Crippen molar-refractivity contribution in [2.24, 2.45) is 5.92 Å². The van der Waals surface area contributed by atoms with Crippen LogP contribution in [-0.2, 0) is 16.5 Å². The van der Waals surface area contributed by atoms with Crippen LogP contribution in [0.5, 0.6) is 0 Å². The van der Waals surface area contributed by atoms with E-state index >= 15 is 0 Å². The number of hydrogen-bond donors (Lipinski definition) is 0. The Morgan fingerprint density at radius 3 is 3.00 bits per heavy atom. The highest BCUT2D eigenvalue weighted by Gasteiger charge is 2.26. The second-order valence-electron chi connectivity index (χ2n) is 3.77. The summed E-state index contributed by atoms with van der Waals surface area (Å²) in [5, 5.41) is 0. The fourth-order valence-electron chi connectivity index (χ4n) is 1.66. The van der Waals surface area contributed by atoms with Gasteiger partial charge in [0.25, 0.3) is 0 Å². The molecule has 13 heavy (non-hydrogen) atoms. The zero-order valence-electron chi connectivity index (χ0n) is 9.23. The molecule has 0 spiro atoms. The molecule has 1 saturated heterocycles. The van der Waals surface area contributed by atoms with Gasteiger partial charge in [0.2, 0.25) is 0 Å². The highest BCUT2D eigenvalue weighted by molar-refractivity contribution is 8.10. The Bertz CT molecular complexity index is 231. The molecule has 1 aliphatic rings. The number of rotatable bonds is 4. The standard InChI is InChI=1S/C9H19O2PS/c1-3-8-4-6-11-9(8)5-7-12(2,10)13/h8-9H,3-7H2,1-2H3,(H,10,13)/p-1/t8-,9-,12?/m1/s1/i6T/t6?,8-,9-,12?. The Morgan fingerprint density at radius 1 is 1.77 bits per heavy atom. The molecule has 2 unspecified atom stereocenters. The lowest BCUT2D eigenvalue weighted by atomic mass is 9.97. The maximum atomic E-state index is 11.4. The smallest absolute Gasteiger partial charge is 0.0607 e. The zero-order chi connectivity index (χ0) is 10.8. The van der Waals surface area contributed by atoms with E-state index in [1.807, 2.05) is 0 Å². The van der Waals surface area contributed by atoms with Gasteiger partial charge in [0.1, 0.15) is 0 Å². The van der Waals surface area contributed by atoms with E-state index in [1.54, 1.807) is 6.66 Å². The van der Waals surface area contributed by atoms with Crippen LogP contribution in [0.1, 0.15) is 27.6 Å². The van der Waals surface area contributed by atoms with Gasteiger partial charge in [0.15, 0.2) is 0 Å².